The van der Waals surface area contributed by atoms with E-state index in [1.54, 1.807) is 32.1 Å². The van der Waals surface area contributed by atoms with Gasteiger partial charge in [-0.2, -0.15) is 0 Å². The molecule has 0 saturated heterocycles. The van der Waals surface area contributed by atoms with E-state index in [1.165, 1.54) is 0 Å². The Balaban J connectivity index is 2.47. The van der Waals surface area contributed by atoms with Crippen LogP contribution in [0.15, 0.2) is 30.3 Å². The number of aliphatic carboxylic acids is 1. The first-order valence-corrected chi connectivity index (χ1v) is 7.13. The third kappa shape index (κ3) is 2.26. The maximum absolute atomic E-state index is 11.4. The standard InChI is InChI=1S/C15H18O3S/c1-9(2)15(18,14(16)17)10(3)13-8-11-6-4-5-7-12(11)19-13/h4-10,18H,1-3H3,(H,16,17). The molecule has 1 aromatic heterocycles. The van der Waals surface area contributed by atoms with Gasteiger partial charge in [-0.1, -0.05) is 39.0 Å². The zero-order chi connectivity index (χ0) is 14.2. The van der Waals surface area contributed by atoms with Crippen LogP contribution in [0.5, 0.6) is 0 Å². The molecule has 2 N–H and O–H groups in total. The topological polar surface area (TPSA) is 57.5 Å². The molecule has 1 heterocycles. The van der Waals surface area contributed by atoms with Crippen LogP contribution in [0.25, 0.3) is 10.1 Å². The first-order chi connectivity index (χ1) is 8.87. The quantitative estimate of drug-likeness (QED) is 0.900. The Morgan fingerprint density at radius 3 is 2.42 bits per heavy atom. The summed E-state index contributed by atoms with van der Waals surface area (Å²) < 4.78 is 1.11. The van der Waals surface area contributed by atoms with E-state index in [9.17, 15) is 15.0 Å². The average Bonchev–Trinajstić information content (AvgIpc) is 2.79. The number of benzene rings is 1. The van der Waals surface area contributed by atoms with Crippen LogP contribution in [0.2, 0.25) is 0 Å². The summed E-state index contributed by atoms with van der Waals surface area (Å²) in [5.41, 5.74) is -1.74. The lowest BCUT2D eigenvalue weighted by Gasteiger charge is -2.33. The third-order valence-electron chi connectivity index (χ3n) is 3.75. The highest BCUT2D eigenvalue weighted by molar-refractivity contribution is 7.19. The summed E-state index contributed by atoms with van der Waals surface area (Å²) in [5, 5.41) is 21.0. The normalized spacial score (nSPS) is 16.5. The van der Waals surface area contributed by atoms with Gasteiger partial charge in [-0.25, -0.2) is 4.79 Å². The summed E-state index contributed by atoms with van der Waals surface area (Å²) in [6.07, 6.45) is 0. The zero-order valence-corrected chi connectivity index (χ0v) is 12.1. The number of hydrogen-bond donors (Lipinski definition) is 2. The van der Waals surface area contributed by atoms with E-state index in [0.29, 0.717) is 0 Å². The average molecular weight is 278 g/mol. The van der Waals surface area contributed by atoms with Crippen LogP contribution in [0.4, 0.5) is 0 Å². The minimum Gasteiger partial charge on any atom is -0.479 e. The molecule has 0 fully saturated rings. The maximum Gasteiger partial charge on any atom is 0.336 e. The van der Waals surface area contributed by atoms with Gasteiger partial charge in [-0.05, 0) is 23.4 Å². The SMILES string of the molecule is CC(C)C(O)(C(=O)O)C(C)c1cc2ccccc2s1. The van der Waals surface area contributed by atoms with Crippen LogP contribution in [-0.4, -0.2) is 21.8 Å². The number of carboxylic acids is 1. The lowest BCUT2D eigenvalue weighted by molar-refractivity contribution is -0.166. The summed E-state index contributed by atoms with van der Waals surface area (Å²) in [7, 11) is 0. The van der Waals surface area contributed by atoms with Gasteiger partial charge in [0.1, 0.15) is 0 Å². The van der Waals surface area contributed by atoms with E-state index in [1.807, 2.05) is 30.3 Å². The van der Waals surface area contributed by atoms with Crippen molar-refractivity contribution >= 4 is 27.4 Å². The Bertz CT molecular complexity index is 569. The van der Waals surface area contributed by atoms with E-state index in [4.69, 9.17) is 0 Å². The maximum atomic E-state index is 11.4. The molecule has 0 bridgehead atoms. The predicted molar refractivity (Wildman–Crippen MR) is 77.7 cm³/mol. The Hall–Kier alpha value is -1.39. The third-order valence-corrected chi connectivity index (χ3v) is 5.05. The van der Waals surface area contributed by atoms with Crippen molar-refractivity contribution in [3.63, 3.8) is 0 Å². The Labute approximate surface area is 116 Å². The second-order valence-electron chi connectivity index (χ2n) is 5.19. The minimum atomic E-state index is -1.74. The molecular formula is C15H18O3S. The van der Waals surface area contributed by atoms with Crippen LogP contribution in [-0.2, 0) is 4.79 Å². The van der Waals surface area contributed by atoms with Gasteiger partial charge in [-0.3, -0.25) is 0 Å². The highest BCUT2D eigenvalue weighted by atomic mass is 32.1. The molecule has 2 aromatic rings. The van der Waals surface area contributed by atoms with Crippen LogP contribution >= 0.6 is 11.3 Å². The van der Waals surface area contributed by atoms with Crippen LogP contribution in [0.3, 0.4) is 0 Å². The number of hydrogen-bond acceptors (Lipinski definition) is 3. The van der Waals surface area contributed by atoms with Crippen molar-refractivity contribution in [3.8, 4) is 0 Å². The Morgan fingerprint density at radius 1 is 1.26 bits per heavy atom. The van der Waals surface area contributed by atoms with Gasteiger partial charge in [0.25, 0.3) is 0 Å². The minimum absolute atomic E-state index is 0.356. The molecule has 0 radical (unpaired) electrons. The molecule has 0 spiro atoms. The smallest absolute Gasteiger partial charge is 0.336 e. The number of thiophene rings is 1. The molecule has 2 rings (SSSR count). The van der Waals surface area contributed by atoms with Crippen molar-refractivity contribution in [2.45, 2.75) is 32.3 Å². The Morgan fingerprint density at radius 2 is 1.89 bits per heavy atom. The summed E-state index contributed by atoms with van der Waals surface area (Å²) in [6, 6.07) is 9.89. The molecule has 0 aliphatic rings. The molecule has 102 valence electrons. The van der Waals surface area contributed by atoms with E-state index in [2.05, 4.69) is 0 Å². The number of rotatable bonds is 4. The van der Waals surface area contributed by atoms with Crippen molar-refractivity contribution in [1.82, 2.24) is 0 Å². The van der Waals surface area contributed by atoms with E-state index < -0.39 is 17.5 Å². The van der Waals surface area contributed by atoms with Gasteiger partial charge in [0.15, 0.2) is 5.60 Å². The highest BCUT2D eigenvalue weighted by Gasteiger charge is 2.45. The second kappa shape index (κ2) is 4.94. The summed E-state index contributed by atoms with van der Waals surface area (Å²) in [4.78, 5) is 12.3. The van der Waals surface area contributed by atoms with Gasteiger partial charge in [0, 0.05) is 15.5 Å². The number of carboxylic acid groups (broad SMARTS) is 1. The first-order valence-electron chi connectivity index (χ1n) is 6.31. The fraction of sp³-hybridized carbons (Fsp3) is 0.400. The van der Waals surface area contributed by atoms with E-state index in [-0.39, 0.29) is 5.92 Å². The number of aliphatic hydroxyl groups is 1. The molecular weight excluding hydrogens is 260 g/mol. The van der Waals surface area contributed by atoms with E-state index in [0.717, 1.165) is 15.0 Å². The fourth-order valence-electron chi connectivity index (χ4n) is 2.36. The molecule has 0 aliphatic heterocycles. The van der Waals surface area contributed by atoms with Crippen molar-refractivity contribution in [2.24, 2.45) is 5.92 Å². The lowest BCUT2D eigenvalue weighted by Crippen LogP contribution is -2.47. The molecule has 2 atom stereocenters. The largest absolute Gasteiger partial charge is 0.479 e. The fourth-order valence-corrected chi connectivity index (χ4v) is 3.55. The summed E-state index contributed by atoms with van der Waals surface area (Å²) in [6.45, 7) is 5.24. The summed E-state index contributed by atoms with van der Waals surface area (Å²) >= 11 is 1.54. The van der Waals surface area contributed by atoms with Crippen LogP contribution < -0.4 is 0 Å². The second-order valence-corrected chi connectivity index (χ2v) is 6.31. The van der Waals surface area contributed by atoms with Crippen molar-refractivity contribution < 1.29 is 15.0 Å². The number of carbonyl (C=O) groups is 1. The predicted octanol–water partition coefficient (Wildman–Crippen LogP) is 3.48. The first kappa shape index (κ1) is 14.0. The Kier molecular flexibility index (Phi) is 3.65. The van der Waals surface area contributed by atoms with E-state index >= 15 is 0 Å². The van der Waals surface area contributed by atoms with Crippen LogP contribution in [0, 0.1) is 5.92 Å². The van der Waals surface area contributed by atoms with Gasteiger partial charge in [0.05, 0.1) is 0 Å². The molecule has 2 unspecified atom stereocenters. The molecule has 0 saturated carbocycles. The zero-order valence-electron chi connectivity index (χ0n) is 11.3. The van der Waals surface area contributed by atoms with Crippen molar-refractivity contribution in [2.75, 3.05) is 0 Å². The van der Waals surface area contributed by atoms with Crippen LogP contribution in [0.1, 0.15) is 31.6 Å². The van der Waals surface area contributed by atoms with Gasteiger partial charge < -0.3 is 10.2 Å². The highest BCUT2D eigenvalue weighted by Crippen LogP contribution is 2.39. The summed E-state index contributed by atoms with van der Waals surface area (Å²) in [5.74, 6) is -1.96. The van der Waals surface area contributed by atoms with Crippen molar-refractivity contribution in [3.05, 3.63) is 35.2 Å². The lowest BCUT2D eigenvalue weighted by atomic mass is 9.78. The van der Waals surface area contributed by atoms with Gasteiger partial charge in [0.2, 0.25) is 0 Å². The van der Waals surface area contributed by atoms with Gasteiger partial charge in [-0.15, -0.1) is 11.3 Å². The van der Waals surface area contributed by atoms with Gasteiger partial charge >= 0.3 is 5.97 Å². The molecule has 19 heavy (non-hydrogen) atoms. The number of fused-ring (bicyclic) bond motifs is 1. The molecule has 0 aliphatic carbocycles. The monoisotopic (exact) mass is 278 g/mol. The molecule has 4 heteroatoms. The molecule has 1 aromatic carbocycles. The van der Waals surface area contributed by atoms with Crippen molar-refractivity contribution in [1.29, 1.82) is 0 Å². The molecule has 3 nitrogen and oxygen atoms in total. The molecule has 0 amide bonds.